The van der Waals surface area contributed by atoms with Crippen LogP contribution in [0.2, 0.25) is 0 Å². The minimum Gasteiger partial charge on any atom is -0.497 e. The van der Waals surface area contributed by atoms with Crippen molar-refractivity contribution in [2.45, 2.75) is 12.6 Å². The van der Waals surface area contributed by atoms with Crippen molar-refractivity contribution in [3.63, 3.8) is 0 Å². The first kappa shape index (κ1) is 23.6. The van der Waals surface area contributed by atoms with E-state index in [0.29, 0.717) is 17.0 Å². The third kappa shape index (κ3) is 5.86. The lowest BCUT2D eigenvalue weighted by atomic mass is 10.0. The summed E-state index contributed by atoms with van der Waals surface area (Å²) in [5.41, 5.74) is 1.88. The summed E-state index contributed by atoms with van der Waals surface area (Å²) in [5.74, 6) is -0.714. The van der Waals surface area contributed by atoms with Crippen LogP contribution in [-0.4, -0.2) is 33.8 Å². The minimum atomic E-state index is -1.01. The zero-order chi connectivity index (χ0) is 24.6. The van der Waals surface area contributed by atoms with Crippen molar-refractivity contribution in [1.29, 1.82) is 0 Å². The number of halogens is 1. The second-order valence-corrected chi connectivity index (χ2v) is 7.68. The molecule has 0 bridgehead atoms. The number of methoxy groups -OCH3 is 1. The average Bonchev–Trinajstić information content (AvgIpc) is 2.90. The molecule has 0 spiro atoms. The number of nitrogens with one attached hydrogen (secondary N) is 1. The molecule has 0 saturated carbocycles. The highest BCUT2D eigenvalue weighted by Crippen LogP contribution is 2.27. The van der Waals surface area contributed by atoms with Gasteiger partial charge in [-0.25, -0.2) is 9.37 Å². The Morgan fingerprint density at radius 2 is 1.77 bits per heavy atom. The van der Waals surface area contributed by atoms with E-state index < -0.39 is 23.7 Å². The predicted molar refractivity (Wildman–Crippen MR) is 129 cm³/mol. The Bertz CT molecular complexity index is 1280. The van der Waals surface area contributed by atoms with Gasteiger partial charge in [0.15, 0.2) is 0 Å². The maximum Gasteiger partial charge on any atom is 0.275 e. The van der Waals surface area contributed by atoms with E-state index in [1.165, 1.54) is 47.8 Å². The number of ether oxygens (including phenoxy) is 1. The summed E-state index contributed by atoms with van der Waals surface area (Å²) in [6.07, 6.45) is 4.26. The number of anilines is 1. The van der Waals surface area contributed by atoms with E-state index in [0.717, 1.165) is 5.56 Å². The standard InChI is InChI=1S/C27H23FN4O3/c1-35-23-9-5-6-19(16-23)18-32(27(34)24-17-29-14-15-30-24)25(20-7-3-2-4-8-20)26(33)31-22-12-10-21(28)11-13-22/h2-17,25H,18H2,1H3,(H,31,33). The molecule has 0 saturated heterocycles. The van der Waals surface area contributed by atoms with E-state index in [2.05, 4.69) is 15.3 Å². The molecule has 1 unspecified atom stereocenters. The zero-order valence-corrected chi connectivity index (χ0v) is 19.0. The summed E-state index contributed by atoms with van der Waals surface area (Å²) in [5, 5.41) is 2.80. The summed E-state index contributed by atoms with van der Waals surface area (Å²) >= 11 is 0. The number of hydrogen-bond acceptors (Lipinski definition) is 5. The first-order valence-electron chi connectivity index (χ1n) is 10.9. The fraction of sp³-hybridized carbons (Fsp3) is 0.111. The molecule has 4 aromatic rings. The first-order chi connectivity index (χ1) is 17.0. The molecule has 1 aromatic heterocycles. The summed E-state index contributed by atoms with van der Waals surface area (Å²) in [4.78, 5) is 36.9. The van der Waals surface area contributed by atoms with Gasteiger partial charge < -0.3 is 15.0 Å². The van der Waals surface area contributed by atoms with Crippen molar-refractivity contribution in [1.82, 2.24) is 14.9 Å². The molecule has 35 heavy (non-hydrogen) atoms. The molecule has 4 rings (SSSR count). The van der Waals surface area contributed by atoms with Crippen LogP contribution in [0, 0.1) is 5.82 Å². The molecule has 3 aromatic carbocycles. The van der Waals surface area contributed by atoms with Gasteiger partial charge in [0.2, 0.25) is 0 Å². The summed E-state index contributed by atoms with van der Waals surface area (Å²) in [6.45, 7) is 0.100. The Balaban J connectivity index is 1.77. The van der Waals surface area contributed by atoms with Crippen LogP contribution in [0.1, 0.15) is 27.7 Å². The van der Waals surface area contributed by atoms with Crippen LogP contribution in [0.4, 0.5) is 10.1 Å². The van der Waals surface area contributed by atoms with Crippen molar-refractivity contribution in [2.75, 3.05) is 12.4 Å². The van der Waals surface area contributed by atoms with Crippen molar-refractivity contribution < 1.29 is 18.7 Å². The van der Waals surface area contributed by atoms with Gasteiger partial charge in [-0.15, -0.1) is 0 Å². The summed E-state index contributed by atoms with van der Waals surface area (Å²) in [6, 6.07) is 20.7. The molecule has 0 aliphatic carbocycles. The number of benzene rings is 3. The Labute approximate surface area is 202 Å². The molecule has 8 heteroatoms. The third-order valence-corrected chi connectivity index (χ3v) is 5.32. The Kier molecular flexibility index (Phi) is 7.42. The van der Waals surface area contributed by atoms with Crippen LogP contribution in [0.3, 0.4) is 0 Å². The fourth-order valence-corrected chi connectivity index (χ4v) is 3.66. The molecular weight excluding hydrogens is 447 g/mol. The smallest absolute Gasteiger partial charge is 0.275 e. The monoisotopic (exact) mass is 470 g/mol. The van der Waals surface area contributed by atoms with Crippen molar-refractivity contribution >= 4 is 17.5 Å². The topological polar surface area (TPSA) is 84.4 Å². The normalized spacial score (nSPS) is 11.4. The second-order valence-electron chi connectivity index (χ2n) is 7.68. The molecule has 0 aliphatic rings. The van der Waals surface area contributed by atoms with Gasteiger partial charge in [0.25, 0.3) is 11.8 Å². The number of carbonyl (C=O) groups excluding carboxylic acids is 2. The molecule has 2 amide bonds. The van der Waals surface area contributed by atoms with E-state index in [1.54, 1.807) is 43.5 Å². The molecular formula is C27H23FN4O3. The number of carbonyl (C=O) groups is 2. The third-order valence-electron chi connectivity index (χ3n) is 5.32. The number of amides is 2. The highest BCUT2D eigenvalue weighted by molar-refractivity contribution is 6.00. The molecule has 0 radical (unpaired) electrons. The lowest BCUT2D eigenvalue weighted by Crippen LogP contribution is -2.41. The number of rotatable bonds is 8. The fourth-order valence-electron chi connectivity index (χ4n) is 3.66. The van der Waals surface area contributed by atoms with Crippen molar-refractivity contribution in [2.24, 2.45) is 0 Å². The van der Waals surface area contributed by atoms with Gasteiger partial charge in [0, 0.05) is 24.6 Å². The van der Waals surface area contributed by atoms with Gasteiger partial charge in [-0.1, -0.05) is 42.5 Å². The van der Waals surface area contributed by atoms with Crippen LogP contribution in [0.25, 0.3) is 0 Å². The molecule has 7 nitrogen and oxygen atoms in total. The number of aromatic nitrogens is 2. The van der Waals surface area contributed by atoms with Crippen LogP contribution in [0.15, 0.2) is 97.5 Å². The summed E-state index contributed by atoms with van der Waals surface area (Å²) < 4.78 is 18.7. The van der Waals surface area contributed by atoms with Crippen LogP contribution in [-0.2, 0) is 11.3 Å². The van der Waals surface area contributed by atoms with E-state index in [-0.39, 0.29) is 12.2 Å². The highest BCUT2D eigenvalue weighted by Gasteiger charge is 2.33. The van der Waals surface area contributed by atoms with E-state index in [9.17, 15) is 14.0 Å². The molecule has 176 valence electrons. The van der Waals surface area contributed by atoms with E-state index in [1.807, 2.05) is 18.2 Å². The highest BCUT2D eigenvalue weighted by atomic mass is 19.1. The first-order valence-corrected chi connectivity index (χ1v) is 10.9. The molecule has 1 N–H and O–H groups in total. The Morgan fingerprint density at radius 3 is 2.46 bits per heavy atom. The zero-order valence-electron chi connectivity index (χ0n) is 19.0. The average molecular weight is 471 g/mol. The second kappa shape index (κ2) is 11.0. The molecule has 0 aliphatic heterocycles. The molecule has 1 atom stereocenters. The van der Waals surface area contributed by atoms with Crippen molar-refractivity contribution in [3.8, 4) is 5.75 Å². The van der Waals surface area contributed by atoms with Crippen molar-refractivity contribution in [3.05, 3.63) is 120 Å². The van der Waals surface area contributed by atoms with E-state index in [4.69, 9.17) is 4.74 Å². The van der Waals surface area contributed by atoms with Crippen LogP contribution in [0.5, 0.6) is 5.75 Å². The van der Waals surface area contributed by atoms with Gasteiger partial charge in [0.05, 0.1) is 13.3 Å². The van der Waals surface area contributed by atoms with Gasteiger partial charge >= 0.3 is 0 Å². The Morgan fingerprint density at radius 1 is 1.00 bits per heavy atom. The largest absolute Gasteiger partial charge is 0.497 e. The maximum atomic E-state index is 13.7. The Hall–Kier alpha value is -4.59. The van der Waals surface area contributed by atoms with E-state index >= 15 is 0 Å². The molecule has 0 fully saturated rings. The van der Waals surface area contributed by atoms with Gasteiger partial charge in [-0.3, -0.25) is 14.6 Å². The van der Waals surface area contributed by atoms with Gasteiger partial charge in [-0.05, 0) is 47.5 Å². The quantitative estimate of drug-likeness (QED) is 0.405. The van der Waals surface area contributed by atoms with Crippen LogP contribution >= 0.6 is 0 Å². The number of nitrogens with zero attached hydrogens (tertiary/aromatic N) is 3. The number of hydrogen-bond donors (Lipinski definition) is 1. The lowest BCUT2D eigenvalue weighted by Gasteiger charge is -2.31. The predicted octanol–water partition coefficient (Wildman–Crippen LogP) is 4.65. The molecule has 1 heterocycles. The lowest BCUT2D eigenvalue weighted by molar-refractivity contribution is -0.121. The minimum absolute atomic E-state index is 0.100. The maximum absolute atomic E-state index is 13.7. The SMILES string of the molecule is COc1cccc(CN(C(=O)c2cnccn2)C(C(=O)Nc2ccc(F)cc2)c2ccccc2)c1. The van der Waals surface area contributed by atoms with Gasteiger partial charge in [0.1, 0.15) is 23.3 Å². The summed E-state index contributed by atoms with van der Waals surface area (Å²) in [7, 11) is 1.56. The van der Waals surface area contributed by atoms with Crippen LogP contribution < -0.4 is 10.1 Å². The van der Waals surface area contributed by atoms with Gasteiger partial charge in [-0.2, -0.15) is 0 Å².